The van der Waals surface area contributed by atoms with Crippen LogP contribution in [0.4, 0.5) is 0 Å². The fourth-order valence-corrected chi connectivity index (χ4v) is 0.989. The molecule has 0 aromatic rings. The number of nitriles is 1. The molecule has 0 heterocycles. The van der Waals surface area contributed by atoms with Crippen LogP contribution in [0.5, 0.6) is 0 Å². The van der Waals surface area contributed by atoms with Gasteiger partial charge in [0.05, 0.1) is 6.07 Å². The maximum Gasteiger partial charge on any atom is 0.0947 e. The van der Waals surface area contributed by atoms with E-state index in [0.717, 1.165) is 5.57 Å². The average molecular weight is 134 g/mol. The first-order chi connectivity index (χ1) is 4.64. The molecule has 0 aliphatic heterocycles. The van der Waals surface area contributed by atoms with E-state index < -0.39 is 0 Å². The smallest absolute Gasteiger partial charge is 0.0947 e. The molecule has 0 bridgehead atoms. The molecule has 0 saturated carbocycles. The van der Waals surface area contributed by atoms with Gasteiger partial charge in [-0.2, -0.15) is 5.26 Å². The zero-order valence-corrected chi connectivity index (χ0v) is 5.96. The molecule has 1 aliphatic rings. The Hall–Kier alpha value is -1.07. The molecular weight excluding hydrogens is 124 g/mol. The second kappa shape index (κ2) is 2.28. The van der Waals surface area contributed by atoms with E-state index in [9.17, 15) is 0 Å². The van der Waals surface area contributed by atoms with Gasteiger partial charge in [-0.3, -0.25) is 0 Å². The lowest BCUT2D eigenvalue weighted by molar-refractivity contribution is 0.579. The van der Waals surface area contributed by atoms with E-state index in [1.54, 1.807) is 6.08 Å². The fraction of sp³-hybridized carbons (Fsp3) is 0.375. The molecule has 0 fully saturated rings. The molecule has 1 aliphatic carbocycles. The molecule has 2 N–H and O–H groups in total. The topological polar surface area (TPSA) is 49.8 Å². The Balaban J connectivity index is 2.80. The quantitative estimate of drug-likeness (QED) is 0.539. The fourth-order valence-electron chi connectivity index (χ4n) is 0.989. The Labute approximate surface area is 60.6 Å². The maximum absolute atomic E-state index is 8.52. The lowest BCUT2D eigenvalue weighted by atomic mass is 9.90. The number of hydrogen-bond donors (Lipinski definition) is 1. The van der Waals surface area contributed by atoms with E-state index in [0.29, 0.717) is 6.42 Å². The van der Waals surface area contributed by atoms with Gasteiger partial charge in [-0.1, -0.05) is 12.2 Å². The Kier molecular flexibility index (Phi) is 1.60. The summed E-state index contributed by atoms with van der Waals surface area (Å²) < 4.78 is 0. The summed E-state index contributed by atoms with van der Waals surface area (Å²) in [7, 11) is 0. The van der Waals surface area contributed by atoms with Crippen molar-refractivity contribution in [3.63, 3.8) is 0 Å². The van der Waals surface area contributed by atoms with Crippen LogP contribution < -0.4 is 5.73 Å². The molecule has 2 nitrogen and oxygen atoms in total. The number of allylic oxidation sites excluding steroid dienone is 2. The number of nitrogens with zero attached hydrogens (tertiary/aromatic N) is 1. The summed E-state index contributed by atoms with van der Waals surface area (Å²) in [5, 5.41) is 8.52. The number of hydrogen-bond acceptors (Lipinski definition) is 2. The van der Waals surface area contributed by atoms with Gasteiger partial charge in [0.15, 0.2) is 0 Å². The van der Waals surface area contributed by atoms with E-state index in [4.69, 9.17) is 11.0 Å². The van der Waals surface area contributed by atoms with Crippen molar-refractivity contribution in [2.75, 3.05) is 0 Å². The molecule has 2 heteroatoms. The van der Waals surface area contributed by atoms with Crippen molar-refractivity contribution in [3.05, 3.63) is 23.8 Å². The summed E-state index contributed by atoms with van der Waals surface area (Å²) in [4.78, 5) is 0. The largest absolute Gasteiger partial charge is 0.322 e. The summed E-state index contributed by atoms with van der Waals surface area (Å²) in [5.41, 5.74) is 6.20. The Bertz CT molecular complexity index is 228. The maximum atomic E-state index is 8.52. The molecular formula is C8H10N2. The third-order valence-corrected chi connectivity index (χ3v) is 1.49. The van der Waals surface area contributed by atoms with Crippen molar-refractivity contribution in [2.24, 2.45) is 5.73 Å². The minimum absolute atomic E-state index is 0.320. The molecule has 0 aromatic heterocycles. The predicted octanol–water partition coefficient (Wildman–Crippen LogP) is 1.11. The van der Waals surface area contributed by atoms with Gasteiger partial charge in [0.2, 0.25) is 0 Å². The van der Waals surface area contributed by atoms with Gasteiger partial charge in [-0.05, 0) is 13.0 Å². The van der Waals surface area contributed by atoms with E-state index in [1.165, 1.54) is 0 Å². The van der Waals surface area contributed by atoms with Crippen LogP contribution >= 0.6 is 0 Å². The first-order valence-electron chi connectivity index (χ1n) is 3.21. The zero-order valence-electron chi connectivity index (χ0n) is 5.96. The highest BCUT2D eigenvalue weighted by Gasteiger charge is 2.18. The third kappa shape index (κ3) is 1.46. The molecule has 10 heavy (non-hydrogen) atoms. The second-order valence-corrected chi connectivity index (χ2v) is 2.85. The van der Waals surface area contributed by atoms with Crippen molar-refractivity contribution >= 4 is 0 Å². The van der Waals surface area contributed by atoms with Crippen molar-refractivity contribution in [2.45, 2.75) is 18.9 Å². The first kappa shape index (κ1) is 7.04. The minimum Gasteiger partial charge on any atom is -0.322 e. The van der Waals surface area contributed by atoms with Crippen LogP contribution in [0.3, 0.4) is 0 Å². The van der Waals surface area contributed by atoms with E-state index >= 15 is 0 Å². The van der Waals surface area contributed by atoms with Crippen molar-refractivity contribution in [1.82, 2.24) is 0 Å². The van der Waals surface area contributed by atoms with E-state index in [2.05, 4.69) is 6.07 Å². The summed E-state index contributed by atoms with van der Waals surface area (Å²) in [6.07, 6.45) is 6.20. The highest BCUT2D eigenvalue weighted by atomic mass is 14.7. The van der Waals surface area contributed by atoms with Gasteiger partial charge < -0.3 is 5.73 Å². The van der Waals surface area contributed by atoms with Gasteiger partial charge in [0.1, 0.15) is 0 Å². The molecule has 1 unspecified atom stereocenters. The average Bonchev–Trinajstić information content (AvgIpc) is 1.86. The monoisotopic (exact) mass is 134 g/mol. The van der Waals surface area contributed by atoms with E-state index in [-0.39, 0.29) is 5.54 Å². The van der Waals surface area contributed by atoms with Gasteiger partial charge in [-0.25, -0.2) is 0 Å². The van der Waals surface area contributed by atoms with Gasteiger partial charge in [0.25, 0.3) is 0 Å². The van der Waals surface area contributed by atoms with Crippen LogP contribution in [-0.4, -0.2) is 5.54 Å². The van der Waals surface area contributed by atoms with Crippen LogP contribution in [0.1, 0.15) is 13.3 Å². The molecule has 1 rings (SSSR count). The molecule has 0 aromatic carbocycles. The predicted molar refractivity (Wildman–Crippen MR) is 40.0 cm³/mol. The Morgan fingerprint density at radius 2 is 2.50 bits per heavy atom. The van der Waals surface area contributed by atoms with Crippen LogP contribution in [0, 0.1) is 11.3 Å². The highest BCUT2D eigenvalue weighted by molar-refractivity contribution is 5.34. The van der Waals surface area contributed by atoms with Crippen LogP contribution in [-0.2, 0) is 0 Å². The van der Waals surface area contributed by atoms with Crippen LogP contribution in [0.25, 0.3) is 0 Å². The standard InChI is InChI=1S/C8H10N2/c1-8(10)4-2-3-7(5-8)6-9/h2-4H,5,10H2,1H3. The van der Waals surface area contributed by atoms with Gasteiger partial charge in [-0.15, -0.1) is 0 Å². The molecule has 1 atom stereocenters. The number of rotatable bonds is 0. The lowest BCUT2D eigenvalue weighted by Crippen LogP contribution is -2.34. The number of nitrogens with two attached hydrogens (primary N) is 1. The third-order valence-electron chi connectivity index (χ3n) is 1.49. The van der Waals surface area contributed by atoms with Crippen molar-refractivity contribution in [3.8, 4) is 6.07 Å². The Morgan fingerprint density at radius 3 is 2.90 bits per heavy atom. The first-order valence-corrected chi connectivity index (χ1v) is 3.21. The zero-order chi connectivity index (χ0) is 7.61. The van der Waals surface area contributed by atoms with Crippen LogP contribution in [0.2, 0.25) is 0 Å². The van der Waals surface area contributed by atoms with Gasteiger partial charge in [0, 0.05) is 17.5 Å². The molecule has 52 valence electrons. The summed E-state index contributed by atoms with van der Waals surface area (Å²) in [5.74, 6) is 0. The summed E-state index contributed by atoms with van der Waals surface area (Å²) >= 11 is 0. The molecule has 0 amide bonds. The minimum atomic E-state index is -0.320. The SMILES string of the molecule is CC1(N)C=CC=C(C#N)C1. The van der Waals surface area contributed by atoms with Crippen LogP contribution in [0.15, 0.2) is 23.8 Å². The normalized spacial score (nSPS) is 31.1. The van der Waals surface area contributed by atoms with Gasteiger partial charge >= 0.3 is 0 Å². The lowest BCUT2D eigenvalue weighted by Gasteiger charge is -2.21. The summed E-state index contributed by atoms with van der Waals surface area (Å²) in [6.45, 7) is 1.91. The molecule has 0 radical (unpaired) electrons. The van der Waals surface area contributed by atoms with Crippen molar-refractivity contribution in [1.29, 1.82) is 5.26 Å². The Morgan fingerprint density at radius 1 is 1.80 bits per heavy atom. The summed E-state index contributed by atoms with van der Waals surface area (Å²) in [6, 6.07) is 2.09. The molecule has 0 spiro atoms. The van der Waals surface area contributed by atoms with Crippen molar-refractivity contribution < 1.29 is 0 Å². The molecule has 0 saturated heterocycles. The second-order valence-electron chi connectivity index (χ2n) is 2.85. The van der Waals surface area contributed by atoms with E-state index in [1.807, 2.05) is 19.1 Å². The highest BCUT2D eigenvalue weighted by Crippen LogP contribution is 2.18.